The second-order valence-electron chi connectivity index (χ2n) is 7.26. The third-order valence-electron chi connectivity index (χ3n) is 5.53. The number of piperidine rings is 1. The number of carbonyl (C=O) groups excluding carboxylic acids is 2. The Morgan fingerprint density at radius 3 is 2.41 bits per heavy atom. The number of hydrogen-bond donors (Lipinski definition) is 1. The molecule has 0 spiro atoms. The van der Waals surface area contributed by atoms with Gasteiger partial charge in [-0.05, 0) is 51.4 Å². The normalized spacial score (nSPS) is 19.8. The van der Waals surface area contributed by atoms with Crippen LogP contribution in [-0.2, 0) is 9.53 Å². The number of methoxy groups -OCH3 is 1. The maximum atomic E-state index is 13.1. The lowest BCUT2D eigenvalue weighted by Gasteiger charge is -2.38. The second-order valence-corrected chi connectivity index (χ2v) is 7.26. The van der Waals surface area contributed by atoms with Crippen molar-refractivity contribution in [2.45, 2.75) is 31.8 Å². The topological polar surface area (TPSA) is 61.9 Å². The zero-order valence-electron chi connectivity index (χ0n) is 16.2. The molecular formula is C20H30ClN3O3. The number of nitrogens with zero attached hydrogens (tertiary/aromatic N) is 2. The summed E-state index contributed by atoms with van der Waals surface area (Å²) in [4.78, 5) is 29.7. The Hall–Kier alpha value is -1.63. The van der Waals surface area contributed by atoms with Crippen molar-refractivity contribution in [3.63, 3.8) is 0 Å². The van der Waals surface area contributed by atoms with Crippen LogP contribution in [-0.4, -0.2) is 73.6 Å². The molecule has 3 rings (SSSR count). The van der Waals surface area contributed by atoms with Gasteiger partial charge in [-0.1, -0.05) is 17.7 Å². The van der Waals surface area contributed by atoms with Gasteiger partial charge in [-0.25, -0.2) is 0 Å². The predicted octanol–water partition coefficient (Wildman–Crippen LogP) is 1.86. The van der Waals surface area contributed by atoms with Crippen LogP contribution < -0.4 is 5.32 Å². The molecule has 0 aromatic heterocycles. The summed E-state index contributed by atoms with van der Waals surface area (Å²) in [7, 11) is 1.63. The summed E-state index contributed by atoms with van der Waals surface area (Å²) >= 11 is 0. The summed E-state index contributed by atoms with van der Waals surface area (Å²) in [6, 6.07) is 7.68. The van der Waals surface area contributed by atoms with Crippen molar-refractivity contribution in [2.24, 2.45) is 0 Å². The lowest BCUT2D eigenvalue weighted by atomic mass is 9.90. The maximum absolute atomic E-state index is 13.1. The molecule has 7 heteroatoms. The van der Waals surface area contributed by atoms with Crippen molar-refractivity contribution >= 4 is 24.2 Å². The molecule has 2 fully saturated rings. The molecule has 0 aliphatic carbocycles. The van der Waals surface area contributed by atoms with Crippen LogP contribution in [0.3, 0.4) is 0 Å². The van der Waals surface area contributed by atoms with E-state index in [0.717, 1.165) is 30.6 Å². The summed E-state index contributed by atoms with van der Waals surface area (Å²) in [5.41, 5.74) is 1.09. The van der Waals surface area contributed by atoms with E-state index in [-0.39, 0.29) is 24.2 Å². The highest BCUT2D eigenvalue weighted by molar-refractivity contribution is 5.94. The monoisotopic (exact) mass is 395 g/mol. The van der Waals surface area contributed by atoms with E-state index in [1.807, 2.05) is 41.0 Å². The Morgan fingerprint density at radius 1 is 1.07 bits per heavy atom. The van der Waals surface area contributed by atoms with Crippen LogP contribution in [0.1, 0.15) is 35.2 Å². The number of rotatable bonds is 3. The van der Waals surface area contributed by atoms with Crippen molar-refractivity contribution in [3.8, 4) is 0 Å². The minimum Gasteiger partial charge on any atom is -0.368 e. The maximum Gasteiger partial charge on any atom is 0.254 e. The fourth-order valence-corrected chi connectivity index (χ4v) is 3.91. The average molecular weight is 396 g/mol. The van der Waals surface area contributed by atoms with Crippen LogP contribution in [0.2, 0.25) is 0 Å². The molecule has 0 atom stereocenters. The Kier molecular flexibility index (Phi) is 7.65. The molecule has 1 aromatic rings. The van der Waals surface area contributed by atoms with Crippen LogP contribution in [0.15, 0.2) is 24.3 Å². The number of carbonyl (C=O) groups is 2. The van der Waals surface area contributed by atoms with Gasteiger partial charge in [0.1, 0.15) is 5.60 Å². The fourth-order valence-electron chi connectivity index (χ4n) is 3.91. The molecule has 0 saturated carbocycles. The molecule has 2 heterocycles. The molecular weight excluding hydrogens is 366 g/mol. The van der Waals surface area contributed by atoms with Crippen LogP contribution in [0.5, 0.6) is 0 Å². The van der Waals surface area contributed by atoms with Crippen molar-refractivity contribution in [1.82, 2.24) is 15.1 Å². The van der Waals surface area contributed by atoms with Gasteiger partial charge in [0.15, 0.2) is 0 Å². The molecule has 150 valence electrons. The smallest absolute Gasteiger partial charge is 0.254 e. The highest BCUT2D eigenvalue weighted by atomic mass is 35.5. The molecule has 1 aromatic carbocycles. The lowest BCUT2D eigenvalue weighted by Crippen LogP contribution is -2.56. The number of hydrogen-bond acceptors (Lipinski definition) is 4. The number of benzene rings is 1. The first-order valence-electron chi connectivity index (χ1n) is 9.47. The molecule has 1 N–H and O–H groups in total. The Morgan fingerprint density at radius 2 is 1.74 bits per heavy atom. The standard InChI is InChI=1S/C20H29N3O3.ClH/c1-16-5-3-6-17(15-16)18(24)22-11-4-12-23(14-13-22)19(25)20(26-2)7-9-21-10-8-20;/h3,5-6,15,21H,4,7-14H2,1-2H3;1H. The van der Waals surface area contributed by atoms with E-state index in [9.17, 15) is 9.59 Å². The third-order valence-corrected chi connectivity index (χ3v) is 5.53. The van der Waals surface area contributed by atoms with Crippen molar-refractivity contribution in [1.29, 1.82) is 0 Å². The largest absolute Gasteiger partial charge is 0.368 e. The number of ether oxygens (including phenoxy) is 1. The van der Waals surface area contributed by atoms with Gasteiger partial charge in [0.05, 0.1) is 0 Å². The molecule has 6 nitrogen and oxygen atoms in total. The highest BCUT2D eigenvalue weighted by Gasteiger charge is 2.42. The summed E-state index contributed by atoms with van der Waals surface area (Å²) < 4.78 is 5.68. The van der Waals surface area contributed by atoms with Gasteiger partial charge in [0, 0.05) is 38.9 Å². The zero-order chi connectivity index (χ0) is 18.6. The summed E-state index contributed by atoms with van der Waals surface area (Å²) in [5.74, 6) is 0.123. The van der Waals surface area contributed by atoms with E-state index in [4.69, 9.17) is 4.74 Å². The molecule has 2 amide bonds. The van der Waals surface area contributed by atoms with Gasteiger partial charge >= 0.3 is 0 Å². The van der Waals surface area contributed by atoms with Crippen LogP contribution in [0, 0.1) is 6.92 Å². The average Bonchev–Trinajstić information content (AvgIpc) is 2.93. The number of halogens is 1. The van der Waals surface area contributed by atoms with Gasteiger partial charge in [-0.2, -0.15) is 0 Å². The quantitative estimate of drug-likeness (QED) is 0.848. The summed E-state index contributed by atoms with van der Waals surface area (Å²) in [6.07, 6.45) is 2.19. The van der Waals surface area contributed by atoms with E-state index >= 15 is 0 Å². The van der Waals surface area contributed by atoms with Gasteiger partial charge in [-0.15, -0.1) is 12.4 Å². The third kappa shape index (κ3) is 4.81. The first-order chi connectivity index (χ1) is 12.6. The molecule has 0 radical (unpaired) electrons. The van der Waals surface area contributed by atoms with Crippen molar-refractivity contribution in [2.75, 3.05) is 46.4 Å². The zero-order valence-corrected chi connectivity index (χ0v) is 17.0. The van der Waals surface area contributed by atoms with Gasteiger partial charge in [0.25, 0.3) is 11.8 Å². The molecule has 0 bridgehead atoms. The number of nitrogens with one attached hydrogen (secondary N) is 1. The summed E-state index contributed by atoms with van der Waals surface area (Å²) in [5, 5.41) is 3.29. The predicted molar refractivity (Wildman–Crippen MR) is 107 cm³/mol. The number of aryl methyl sites for hydroxylation is 1. The van der Waals surface area contributed by atoms with Crippen LogP contribution in [0.4, 0.5) is 0 Å². The van der Waals surface area contributed by atoms with Crippen LogP contribution in [0.25, 0.3) is 0 Å². The van der Waals surface area contributed by atoms with E-state index < -0.39 is 5.60 Å². The Labute approximate surface area is 167 Å². The second kappa shape index (κ2) is 9.53. The first-order valence-corrected chi connectivity index (χ1v) is 9.47. The Balaban J connectivity index is 0.00000261. The SMILES string of the molecule is COC1(C(=O)N2CCCN(C(=O)c3cccc(C)c3)CC2)CCNCC1.Cl. The fraction of sp³-hybridized carbons (Fsp3) is 0.600. The van der Waals surface area contributed by atoms with E-state index in [0.29, 0.717) is 39.0 Å². The first kappa shape index (κ1) is 21.7. The minimum atomic E-state index is -0.707. The van der Waals surface area contributed by atoms with Gasteiger partial charge in [-0.3, -0.25) is 9.59 Å². The summed E-state index contributed by atoms with van der Waals surface area (Å²) in [6.45, 7) is 6.07. The van der Waals surface area contributed by atoms with E-state index in [1.165, 1.54) is 0 Å². The van der Waals surface area contributed by atoms with E-state index in [2.05, 4.69) is 5.32 Å². The van der Waals surface area contributed by atoms with Gasteiger partial charge < -0.3 is 19.9 Å². The van der Waals surface area contributed by atoms with Gasteiger partial charge in [0.2, 0.25) is 0 Å². The molecule has 27 heavy (non-hydrogen) atoms. The molecule has 2 aliphatic rings. The van der Waals surface area contributed by atoms with E-state index in [1.54, 1.807) is 7.11 Å². The van der Waals surface area contributed by atoms with Crippen molar-refractivity contribution < 1.29 is 14.3 Å². The minimum absolute atomic E-state index is 0. The molecule has 0 unspecified atom stereocenters. The molecule has 2 saturated heterocycles. The number of amides is 2. The van der Waals surface area contributed by atoms with Crippen molar-refractivity contribution in [3.05, 3.63) is 35.4 Å². The highest BCUT2D eigenvalue weighted by Crippen LogP contribution is 2.26. The lowest BCUT2D eigenvalue weighted by molar-refractivity contribution is -0.158. The Bertz CT molecular complexity index is 662. The van der Waals surface area contributed by atoms with Crippen LogP contribution >= 0.6 is 12.4 Å². The molecule has 2 aliphatic heterocycles.